The Morgan fingerprint density at radius 1 is 0.862 bits per heavy atom. The number of methoxy groups -OCH3 is 2. The molecule has 2 rings (SSSR count). The molecule has 29 heavy (non-hydrogen) atoms. The van der Waals surface area contributed by atoms with E-state index >= 15 is 0 Å². The first-order chi connectivity index (χ1) is 12.9. The normalized spacial score (nSPS) is 8.00. The first kappa shape index (κ1) is 30.8. The number of nitrogens with zero attached hydrogens (tertiary/aromatic N) is 1. The van der Waals surface area contributed by atoms with Crippen LogP contribution < -0.4 is 17.8 Å². The minimum absolute atomic E-state index is 0. The van der Waals surface area contributed by atoms with Gasteiger partial charge in [0.15, 0.2) is 11.4 Å². The molecule has 7 nitrogen and oxygen atoms in total. The zero-order valence-corrected chi connectivity index (χ0v) is 18.1. The molecule has 0 aliphatic heterocycles. The molecule has 0 aromatic heterocycles. The van der Waals surface area contributed by atoms with Crippen molar-refractivity contribution in [2.24, 2.45) is 0 Å². The van der Waals surface area contributed by atoms with Crippen LogP contribution in [0.4, 0.5) is 5.69 Å². The quantitative estimate of drug-likeness (QED) is 0.364. The Kier molecular flexibility index (Phi) is 18.3. The van der Waals surface area contributed by atoms with E-state index < -0.39 is 0 Å². The summed E-state index contributed by atoms with van der Waals surface area (Å²) in [5.74, 6) is -0.715. The molecule has 0 spiro atoms. The highest BCUT2D eigenvalue weighted by Crippen LogP contribution is 2.12. The Hall–Kier alpha value is -2.92. The van der Waals surface area contributed by atoms with Gasteiger partial charge in [-0.05, 0) is 24.3 Å². The lowest BCUT2D eigenvalue weighted by Crippen LogP contribution is -3.00. The summed E-state index contributed by atoms with van der Waals surface area (Å²) in [5, 5.41) is 12.6. The van der Waals surface area contributed by atoms with E-state index in [1.165, 1.54) is 14.2 Å². The lowest BCUT2D eigenvalue weighted by Gasteiger charge is -1.98. The summed E-state index contributed by atoms with van der Waals surface area (Å²) in [7, 11) is 3.68. The fraction of sp³-hybridized carbons (Fsp3) is 0.200. The van der Waals surface area contributed by atoms with Crippen LogP contribution in [-0.2, 0) is 9.47 Å². The van der Waals surface area contributed by atoms with E-state index in [0.717, 1.165) is 18.4 Å². The van der Waals surface area contributed by atoms with Gasteiger partial charge in [-0.25, -0.2) is 14.4 Å². The summed E-state index contributed by atoms with van der Waals surface area (Å²) in [5.41, 5.74) is 3.17. The van der Waals surface area contributed by atoms with Gasteiger partial charge in [0.2, 0.25) is 0 Å². The minimum Gasteiger partial charge on any atom is -1.00 e. The van der Waals surface area contributed by atoms with Crippen LogP contribution in [0.2, 0.25) is 0 Å². The molecular weight excluding hydrogens is 419 g/mol. The van der Waals surface area contributed by atoms with Crippen molar-refractivity contribution in [2.75, 3.05) is 21.3 Å². The molecule has 2 aromatic carbocycles. The second-order valence-electron chi connectivity index (χ2n) is 4.90. The van der Waals surface area contributed by atoms with Gasteiger partial charge in [-0.15, -0.1) is 12.4 Å². The van der Waals surface area contributed by atoms with Crippen molar-refractivity contribution >= 4 is 35.7 Å². The van der Waals surface area contributed by atoms with Crippen molar-refractivity contribution in [3.05, 3.63) is 76.6 Å². The van der Waals surface area contributed by atoms with Gasteiger partial charge in [0.25, 0.3) is 0 Å². The van der Waals surface area contributed by atoms with Crippen LogP contribution in [-0.4, -0.2) is 44.1 Å². The molecule has 0 atom stereocenters. The molecule has 0 unspecified atom stereocenters. The Bertz CT molecular complexity index is 801. The van der Waals surface area contributed by atoms with Gasteiger partial charge in [0.1, 0.15) is 0 Å². The van der Waals surface area contributed by atoms with Crippen LogP contribution in [0.15, 0.2) is 48.5 Å². The predicted octanol–water partition coefficient (Wildman–Crippen LogP) is -0.900. The van der Waals surface area contributed by atoms with Crippen molar-refractivity contribution in [1.29, 1.82) is 0 Å². The molecule has 0 aliphatic carbocycles. The molecule has 9 heteroatoms. The number of esters is 2. The van der Waals surface area contributed by atoms with Crippen molar-refractivity contribution in [2.45, 2.75) is 6.92 Å². The maximum Gasteiger partial charge on any atom is 0.337 e. The summed E-state index contributed by atoms with van der Waals surface area (Å²) >= 11 is 0. The minimum atomic E-state index is -0.383. The van der Waals surface area contributed by atoms with Gasteiger partial charge in [0, 0.05) is 19.6 Å². The fourth-order valence-corrected chi connectivity index (χ4v) is 1.78. The Morgan fingerprint density at radius 2 is 1.17 bits per heavy atom. The number of nitrogens with two attached hydrogens (primary N) is 1. The molecule has 0 fully saturated rings. The van der Waals surface area contributed by atoms with Crippen molar-refractivity contribution in [3.8, 4) is 0 Å². The number of hydrogen-bond acceptors (Lipinski definition) is 5. The summed E-state index contributed by atoms with van der Waals surface area (Å²) < 4.78 is 9.05. The maximum absolute atomic E-state index is 11.0. The second-order valence-corrected chi connectivity index (χ2v) is 4.90. The summed E-state index contributed by atoms with van der Waals surface area (Å²) in [6.07, 6.45) is 0. The largest absolute Gasteiger partial charge is 1.00 e. The van der Waals surface area contributed by atoms with E-state index in [9.17, 15) is 9.59 Å². The molecule has 0 saturated heterocycles. The SMILES string of the molecule is CO.COC(=O)c1ccc(C(C)=[NH2+])cc1.Cl.[C-]#[N+]c1ccc(C(=O)OC)cc1.[Cl-]. The molecule has 3 N–H and O–H groups in total. The van der Waals surface area contributed by atoms with Crippen molar-refractivity contribution < 1.29 is 42.0 Å². The predicted molar refractivity (Wildman–Crippen MR) is 109 cm³/mol. The number of ether oxygens (including phenoxy) is 2. The van der Waals surface area contributed by atoms with Crippen LogP contribution in [0, 0.1) is 6.57 Å². The van der Waals surface area contributed by atoms with Crippen LogP contribution in [0.1, 0.15) is 33.2 Å². The molecule has 0 amide bonds. The third kappa shape index (κ3) is 10.9. The number of rotatable bonds is 3. The number of aliphatic hydroxyl groups is 1. The van der Waals surface area contributed by atoms with Gasteiger partial charge in [0.05, 0.1) is 31.9 Å². The standard InChI is InChI=1S/C10H11NO2.C9H7NO2.CH4O.2ClH/c1-7(11)8-3-5-9(6-4-8)10(12)13-2;1-10-8-5-3-7(4-6-8)9(11)12-2;1-2;;/h3-6,11H,1-2H3;3-6H,2H3;2H,1H3;2*1H. The molecule has 0 saturated carbocycles. The van der Waals surface area contributed by atoms with Crippen LogP contribution >= 0.6 is 12.4 Å². The Labute approximate surface area is 182 Å². The summed E-state index contributed by atoms with van der Waals surface area (Å²) in [6.45, 7) is 8.49. The number of carbonyl (C=O) groups excluding carboxylic acids is 2. The average molecular weight is 443 g/mol. The molecule has 0 radical (unpaired) electrons. The lowest BCUT2D eigenvalue weighted by atomic mass is 10.1. The van der Waals surface area contributed by atoms with E-state index in [4.69, 9.17) is 17.1 Å². The molecule has 0 bridgehead atoms. The number of carbonyl (C=O) groups is 2. The second kappa shape index (κ2) is 17.2. The topological polar surface area (TPSA) is 103 Å². The van der Waals surface area contributed by atoms with Crippen LogP contribution in [0.5, 0.6) is 0 Å². The Balaban J connectivity index is -0.000000404. The average Bonchev–Trinajstić information content (AvgIpc) is 2.74. The van der Waals surface area contributed by atoms with E-state index in [1.807, 2.05) is 6.92 Å². The van der Waals surface area contributed by atoms with Gasteiger partial charge in [-0.2, -0.15) is 0 Å². The molecule has 158 valence electrons. The van der Waals surface area contributed by atoms with E-state index in [-0.39, 0.29) is 36.8 Å². The van der Waals surface area contributed by atoms with Gasteiger partial charge in [-0.1, -0.05) is 24.3 Å². The highest BCUT2D eigenvalue weighted by molar-refractivity contribution is 5.95. The maximum atomic E-state index is 11.0. The van der Waals surface area contributed by atoms with Crippen LogP contribution in [0.25, 0.3) is 4.85 Å². The molecule has 0 aliphatic rings. The molecule has 0 heterocycles. The highest BCUT2D eigenvalue weighted by atomic mass is 35.5. The molecular formula is C20H24Cl2N2O5. The van der Waals surface area contributed by atoms with Gasteiger partial charge in [-0.3, -0.25) is 5.41 Å². The van der Waals surface area contributed by atoms with Crippen molar-refractivity contribution in [3.63, 3.8) is 0 Å². The number of hydrogen-bond donors (Lipinski definition) is 2. The summed E-state index contributed by atoms with van der Waals surface area (Å²) in [6, 6.07) is 13.3. The monoisotopic (exact) mass is 442 g/mol. The van der Waals surface area contributed by atoms with Gasteiger partial charge >= 0.3 is 11.9 Å². The zero-order valence-electron chi connectivity index (χ0n) is 16.5. The van der Waals surface area contributed by atoms with Crippen molar-refractivity contribution in [1.82, 2.24) is 0 Å². The highest BCUT2D eigenvalue weighted by Gasteiger charge is 2.06. The molecule has 2 aromatic rings. The van der Waals surface area contributed by atoms with E-state index in [1.54, 1.807) is 48.5 Å². The fourth-order valence-electron chi connectivity index (χ4n) is 1.78. The summed E-state index contributed by atoms with van der Waals surface area (Å²) in [4.78, 5) is 25.1. The third-order valence-corrected chi connectivity index (χ3v) is 3.18. The number of halogens is 2. The lowest BCUT2D eigenvalue weighted by molar-refractivity contribution is -0.113. The third-order valence-electron chi connectivity index (χ3n) is 3.18. The van der Waals surface area contributed by atoms with Crippen LogP contribution in [0.3, 0.4) is 0 Å². The zero-order chi connectivity index (χ0) is 20.8. The van der Waals surface area contributed by atoms with E-state index in [0.29, 0.717) is 16.8 Å². The first-order valence-corrected chi connectivity index (χ1v) is 7.71. The van der Waals surface area contributed by atoms with E-state index in [2.05, 4.69) is 14.3 Å². The number of benzene rings is 2. The van der Waals surface area contributed by atoms with Gasteiger partial charge < -0.3 is 27.0 Å². The Morgan fingerprint density at radius 3 is 1.45 bits per heavy atom. The smallest absolute Gasteiger partial charge is 0.337 e. The first-order valence-electron chi connectivity index (χ1n) is 7.71. The number of aliphatic hydroxyl groups excluding tert-OH is 1.